The van der Waals surface area contributed by atoms with E-state index in [1.807, 2.05) is 0 Å². The molecule has 0 fully saturated rings. The first-order valence-corrected chi connectivity index (χ1v) is 5.14. The molecule has 0 aliphatic carbocycles. The highest BCUT2D eigenvalue weighted by atomic mass is 16.5. The molecule has 18 heavy (non-hydrogen) atoms. The number of hydrogen-bond donors (Lipinski definition) is 0. The Kier molecular flexibility index (Phi) is 4.92. The Hall–Kier alpha value is -2.30. The standard InChI is InChI=1S/C13H14O5/c1-16-11-6-4-9(8-14)10(13(11)18-3)5-7-12(15)17-2/h4-8H,1-3H3/b7-5+. The highest BCUT2D eigenvalue weighted by Crippen LogP contribution is 2.33. The van der Waals surface area contributed by atoms with Gasteiger partial charge < -0.3 is 14.2 Å². The molecule has 0 unspecified atom stereocenters. The molecular weight excluding hydrogens is 236 g/mol. The summed E-state index contributed by atoms with van der Waals surface area (Å²) in [5.41, 5.74) is 0.866. The van der Waals surface area contributed by atoms with Crippen LogP contribution >= 0.6 is 0 Å². The van der Waals surface area contributed by atoms with E-state index < -0.39 is 5.97 Å². The summed E-state index contributed by atoms with van der Waals surface area (Å²) in [4.78, 5) is 22.0. The van der Waals surface area contributed by atoms with Crippen LogP contribution in [-0.2, 0) is 9.53 Å². The van der Waals surface area contributed by atoms with Gasteiger partial charge in [0.2, 0.25) is 0 Å². The number of ether oxygens (including phenoxy) is 3. The quantitative estimate of drug-likeness (QED) is 0.452. The molecule has 1 aromatic rings. The average Bonchev–Trinajstić information content (AvgIpc) is 2.43. The first-order chi connectivity index (χ1) is 8.67. The van der Waals surface area contributed by atoms with Gasteiger partial charge in [-0.3, -0.25) is 4.79 Å². The molecular formula is C13H14O5. The monoisotopic (exact) mass is 250 g/mol. The summed E-state index contributed by atoms with van der Waals surface area (Å²) in [6.07, 6.45) is 3.35. The minimum absolute atomic E-state index is 0.391. The van der Waals surface area contributed by atoms with Gasteiger partial charge in [-0.2, -0.15) is 0 Å². The second-order valence-electron chi connectivity index (χ2n) is 3.28. The zero-order valence-corrected chi connectivity index (χ0v) is 10.4. The minimum Gasteiger partial charge on any atom is -0.493 e. The predicted molar refractivity (Wildman–Crippen MR) is 66.0 cm³/mol. The molecule has 0 aromatic heterocycles. The molecule has 5 nitrogen and oxygen atoms in total. The van der Waals surface area contributed by atoms with Gasteiger partial charge in [0.15, 0.2) is 17.8 Å². The van der Waals surface area contributed by atoms with Gasteiger partial charge >= 0.3 is 5.97 Å². The summed E-state index contributed by atoms with van der Waals surface area (Å²) in [7, 11) is 4.23. The van der Waals surface area contributed by atoms with Crippen molar-refractivity contribution in [1.82, 2.24) is 0 Å². The van der Waals surface area contributed by atoms with E-state index in [4.69, 9.17) is 9.47 Å². The van der Waals surface area contributed by atoms with Crippen LogP contribution in [0.25, 0.3) is 6.08 Å². The molecule has 0 aliphatic heterocycles. The van der Waals surface area contributed by atoms with E-state index in [1.54, 1.807) is 12.1 Å². The summed E-state index contributed by atoms with van der Waals surface area (Å²) in [6.45, 7) is 0. The summed E-state index contributed by atoms with van der Waals surface area (Å²) in [5, 5.41) is 0. The van der Waals surface area contributed by atoms with Gasteiger partial charge in [0.05, 0.1) is 21.3 Å². The maximum absolute atomic E-state index is 11.1. The fourth-order valence-electron chi connectivity index (χ4n) is 1.46. The van der Waals surface area contributed by atoms with Gasteiger partial charge in [-0.1, -0.05) is 0 Å². The Balaban J connectivity index is 3.32. The van der Waals surface area contributed by atoms with E-state index in [9.17, 15) is 9.59 Å². The zero-order valence-electron chi connectivity index (χ0n) is 10.4. The van der Waals surface area contributed by atoms with Crippen molar-refractivity contribution < 1.29 is 23.8 Å². The minimum atomic E-state index is -0.517. The molecule has 96 valence electrons. The molecule has 1 rings (SSSR count). The van der Waals surface area contributed by atoms with Gasteiger partial charge in [-0.25, -0.2) is 4.79 Å². The van der Waals surface area contributed by atoms with Crippen LogP contribution in [0.3, 0.4) is 0 Å². The van der Waals surface area contributed by atoms with E-state index in [0.29, 0.717) is 28.9 Å². The molecule has 1 aromatic carbocycles. The van der Waals surface area contributed by atoms with Crippen LogP contribution in [0.2, 0.25) is 0 Å². The maximum Gasteiger partial charge on any atom is 0.330 e. The van der Waals surface area contributed by atoms with Crippen LogP contribution in [0.4, 0.5) is 0 Å². The number of aldehydes is 1. The molecule has 0 saturated carbocycles. The summed E-state index contributed by atoms with van der Waals surface area (Å²) in [6, 6.07) is 3.21. The smallest absolute Gasteiger partial charge is 0.330 e. The fraction of sp³-hybridized carbons (Fsp3) is 0.231. The van der Waals surface area contributed by atoms with Crippen molar-refractivity contribution >= 4 is 18.3 Å². The van der Waals surface area contributed by atoms with Crippen molar-refractivity contribution in [2.75, 3.05) is 21.3 Å². The average molecular weight is 250 g/mol. The van der Waals surface area contributed by atoms with E-state index in [0.717, 1.165) is 0 Å². The van der Waals surface area contributed by atoms with Crippen molar-refractivity contribution in [2.45, 2.75) is 0 Å². The topological polar surface area (TPSA) is 61.8 Å². The lowest BCUT2D eigenvalue weighted by Gasteiger charge is -2.11. The normalized spacial score (nSPS) is 10.2. The Labute approximate surface area is 105 Å². The molecule has 0 radical (unpaired) electrons. The molecule has 0 N–H and O–H groups in total. The number of benzene rings is 1. The fourth-order valence-corrected chi connectivity index (χ4v) is 1.46. The Bertz CT molecular complexity index is 477. The van der Waals surface area contributed by atoms with Crippen LogP contribution < -0.4 is 9.47 Å². The highest BCUT2D eigenvalue weighted by Gasteiger charge is 2.12. The van der Waals surface area contributed by atoms with Gasteiger partial charge in [0.1, 0.15) is 0 Å². The third-order valence-electron chi connectivity index (χ3n) is 2.33. The molecule has 0 amide bonds. The maximum atomic E-state index is 11.1. The first kappa shape index (κ1) is 13.8. The van der Waals surface area contributed by atoms with E-state index >= 15 is 0 Å². The lowest BCUT2D eigenvalue weighted by atomic mass is 10.1. The van der Waals surface area contributed by atoms with Gasteiger partial charge in [0, 0.05) is 17.2 Å². The third-order valence-corrected chi connectivity index (χ3v) is 2.33. The summed E-state index contributed by atoms with van der Waals surface area (Å²) >= 11 is 0. The Morgan fingerprint density at radius 1 is 1.17 bits per heavy atom. The number of esters is 1. The van der Waals surface area contributed by atoms with Crippen molar-refractivity contribution in [3.63, 3.8) is 0 Å². The van der Waals surface area contributed by atoms with Crippen LogP contribution in [-0.4, -0.2) is 33.6 Å². The second kappa shape index (κ2) is 6.44. The molecule has 0 spiro atoms. The number of rotatable bonds is 5. The van der Waals surface area contributed by atoms with Crippen LogP contribution in [0.5, 0.6) is 11.5 Å². The van der Waals surface area contributed by atoms with Crippen LogP contribution in [0.1, 0.15) is 15.9 Å². The predicted octanol–water partition coefficient (Wildman–Crippen LogP) is 1.70. The number of carbonyl (C=O) groups excluding carboxylic acids is 2. The van der Waals surface area contributed by atoms with E-state index in [1.165, 1.54) is 33.5 Å². The molecule has 5 heteroatoms. The Morgan fingerprint density at radius 2 is 1.89 bits per heavy atom. The first-order valence-electron chi connectivity index (χ1n) is 5.14. The largest absolute Gasteiger partial charge is 0.493 e. The third kappa shape index (κ3) is 2.88. The molecule has 0 aliphatic rings. The highest BCUT2D eigenvalue weighted by molar-refractivity contribution is 5.92. The molecule has 0 atom stereocenters. The van der Waals surface area contributed by atoms with Gasteiger partial charge in [-0.15, -0.1) is 0 Å². The SMILES string of the molecule is COC(=O)/C=C/c1c(C=O)ccc(OC)c1OC. The van der Waals surface area contributed by atoms with Crippen molar-refractivity contribution in [3.05, 3.63) is 29.3 Å². The number of hydrogen-bond acceptors (Lipinski definition) is 5. The summed E-state index contributed by atoms with van der Waals surface area (Å²) in [5.74, 6) is 0.353. The molecule has 0 heterocycles. The van der Waals surface area contributed by atoms with Gasteiger partial charge in [0.25, 0.3) is 0 Å². The zero-order chi connectivity index (χ0) is 13.5. The van der Waals surface area contributed by atoms with Crippen molar-refractivity contribution in [3.8, 4) is 11.5 Å². The number of methoxy groups -OCH3 is 3. The number of carbonyl (C=O) groups is 2. The summed E-state index contributed by atoms with van der Waals surface area (Å²) < 4.78 is 14.8. The van der Waals surface area contributed by atoms with Crippen molar-refractivity contribution in [2.24, 2.45) is 0 Å². The van der Waals surface area contributed by atoms with Crippen molar-refractivity contribution in [1.29, 1.82) is 0 Å². The van der Waals surface area contributed by atoms with E-state index in [2.05, 4.69) is 4.74 Å². The lowest BCUT2D eigenvalue weighted by molar-refractivity contribution is -0.134. The Morgan fingerprint density at radius 3 is 2.39 bits per heavy atom. The van der Waals surface area contributed by atoms with E-state index in [-0.39, 0.29) is 0 Å². The van der Waals surface area contributed by atoms with Gasteiger partial charge in [-0.05, 0) is 18.2 Å². The van der Waals surface area contributed by atoms with Crippen LogP contribution in [0, 0.1) is 0 Å². The lowest BCUT2D eigenvalue weighted by Crippen LogP contribution is -1.98. The van der Waals surface area contributed by atoms with Crippen LogP contribution in [0.15, 0.2) is 18.2 Å². The molecule has 0 bridgehead atoms. The molecule has 0 saturated heterocycles. The second-order valence-corrected chi connectivity index (χ2v) is 3.28.